The van der Waals surface area contributed by atoms with E-state index in [9.17, 15) is 0 Å². The van der Waals surface area contributed by atoms with Crippen LogP contribution < -0.4 is 5.73 Å². The van der Waals surface area contributed by atoms with Gasteiger partial charge in [-0.15, -0.1) is 0 Å². The first kappa shape index (κ1) is 9.98. The molecule has 2 rings (SSSR count). The number of pyridine rings is 1. The highest BCUT2D eigenvalue weighted by Gasteiger charge is 1.91. The number of aromatic nitrogens is 1. The highest BCUT2D eigenvalue weighted by molar-refractivity contribution is 5.79. The molecule has 4 heteroatoms. The molecule has 0 radical (unpaired) electrons. The summed E-state index contributed by atoms with van der Waals surface area (Å²) in [5.41, 5.74) is 6.46. The third kappa shape index (κ3) is 2.45. The Morgan fingerprint density at radius 3 is 2.57 bits per heavy atom. The van der Waals surface area contributed by atoms with Gasteiger partial charge in [0.2, 0.25) is 0 Å². The molecular formula is C10H10N2O2. The van der Waals surface area contributed by atoms with Crippen LogP contribution in [0.1, 0.15) is 0 Å². The van der Waals surface area contributed by atoms with Crippen molar-refractivity contribution < 1.29 is 9.90 Å². The van der Waals surface area contributed by atoms with Crippen LogP contribution in [0.15, 0.2) is 36.4 Å². The van der Waals surface area contributed by atoms with Crippen LogP contribution in [0.4, 0.5) is 5.82 Å². The minimum atomic E-state index is -0.250. The number of nitrogens with zero attached hydrogens (tertiary/aromatic N) is 1. The molecule has 1 aromatic carbocycles. The van der Waals surface area contributed by atoms with Crippen molar-refractivity contribution >= 4 is 23.2 Å². The maximum Gasteiger partial charge on any atom is 0.290 e. The normalized spacial score (nSPS) is 8.86. The van der Waals surface area contributed by atoms with Crippen molar-refractivity contribution in [1.29, 1.82) is 0 Å². The summed E-state index contributed by atoms with van der Waals surface area (Å²) in [6.45, 7) is -0.250. The van der Waals surface area contributed by atoms with E-state index in [1.165, 1.54) is 0 Å². The second-order valence-corrected chi connectivity index (χ2v) is 2.53. The van der Waals surface area contributed by atoms with Gasteiger partial charge in [-0.1, -0.05) is 18.2 Å². The Balaban J connectivity index is 0.000000293. The smallest absolute Gasteiger partial charge is 0.290 e. The van der Waals surface area contributed by atoms with E-state index in [2.05, 4.69) is 4.98 Å². The van der Waals surface area contributed by atoms with Crippen LogP contribution in [0.2, 0.25) is 0 Å². The number of carbonyl (C=O) groups is 1. The Hall–Kier alpha value is -2.10. The third-order valence-corrected chi connectivity index (χ3v) is 1.62. The standard InChI is InChI=1S/C9H8N2.CH2O2/c10-9-6-5-7-3-1-2-4-8(7)11-9;2-1-3/h1-6H,(H2,10,11);1H,(H,2,3). The van der Waals surface area contributed by atoms with Gasteiger partial charge in [0.05, 0.1) is 5.52 Å². The molecule has 0 aliphatic heterocycles. The van der Waals surface area contributed by atoms with Crippen LogP contribution in [0.25, 0.3) is 10.9 Å². The van der Waals surface area contributed by atoms with Gasteiger partial charge in [-0.2, -0.15) is 0 Å². The van der Waals surface area contributed by atoms with Crippen LogP contribution in [-0.4, -0.2) is 16.6 Å². The fraction of sp³-hybridized carbons (Fsp3) is 0. The second kappa shape index (κ2) is 4.81. The van der Waals surface area contributed by atoms with Gasteiger partial charge < -0.3 is 10.8 Å². The lowest BCUT2D eigenvalue weighted by Gasteiger charge is -1.95. The fourth-order valence-corrected chi connectivity index (χ4v) is 1.08. The maximum atomic E-state index is 8.36. The van der Waals surface area contributed by atoms with Crippen LogP contribution >= 0.6 is 0 Å². The molecule has 4 nitrogen and oxygen atoms in total. The van der Waals surface area contributed by atoms with Crippen LogP contribution in [0, 0.1) is 0 Å². The summed E-state index contributed by atoms with van der Waals surface area (Å²) in [6, 6.07) is 11.7. The third-order valence-electron chi connectivity index (χ3n) is 1.62. The molecule has 0 spiro atoms. The van der Waals surface area contributed by atoms with Gasteiger partial charge in [-0.05, 0) is 18.2 Å². The van der Waals surface area contributed by atoms with Crippen LogP contribution in [0.5, 0.6) is 0 Å². The lowest BCUT2D eigenvalue weighted by molar-refractivity contribution is -0.122. The zero-order valence-electron chi connectivity index (χ0n) is 7.42. The van der Waals surface area contributed by atoms with E-state index in [1.807, 2.05) is 36.4 Å². The van der Waals surface area contributed by atoms with Crippen molar-refractivity contribution in [3.63, 3.8) is 0 Å². The summed E-state index contributed by atoms with van der Waals surface area (Å²) < 4.78 is 0. The summed E-state index contributed by atoms with van der Waals surface area (Å²) in [4.78, 5) is 12.5. The number of nitrogens with two attached hydrogens (primary N) is 1. The minimum Gasteiger partial charge on any atom is -0.483 e. The second-order valence-electron chi connectivity index (χ2n) is 2.53. The van der Waals surface area contributed by atoms with Gasteiger partial charge in [0.1, 0.15) is 5.82 Å². The van der Waals surface area contributed by atoms with Crippen molar-refractivity contribution in [2.45, 2.75) is 0 Å². The molecule has 0 amide bonds. The molecule has 0 fully saturated rings. The molecule has 1 aromatic heterocycles. The average Bonchev–Trinajstić information content (AvgIpc) is 2.19. The van der Waals surface area contributed by atoms with Crippen LogP contribution in [0.3, 0.4) is 0 Å². The number of hydrogen-bond donors (Lipinski definition) is 2. The Kier molecular flexibility index (Phi) is 3.43. The Morgan fingerprint density at radius 1 is 1.21 bits per heavy atom. The molecule has 14 heavy (non-hydrogen) atoms. The van der Waals surface area contributed by atoms with Crippen LogP contribution in [-0.2, 0) is 4.79 Å². The molecule has 0 unspecified atom stereocenters. The van der Waals surface area contributed by atoms with E-state index in [1.54, 1.807) is 0 Å². The summed E-state index contributed by atoms with van der Waals surface area (Å²) in [7, 11) is 0. The van der Waals surface area contributed by atoms with E-state index in [-0.39, 0.29) is 6.47 Å². The number of fused-ring (bicyclic) bond motifs is 1. The zero-order valence-corrected chi connectivity index (χ0v) is 7.42. The Morgan fingerprint density at radius 2 is 1.86 bits per heavy atom. The molecule has 0 bridgehead atoms. The lowest BCUT2D eigenvalue weighted by Crippen LogP contribution is -1.88. The monoisotopic (exact) mass is 190 g/mol. The SMILES string of the molecule is Nc1ccc2ccccc2n1.O=CO. The van der Waals surface area contributed by atoms with Gasteiger partial charge in [0.25, 0.3) is 6.47 Å². The molecule has 0 saturated carbocycles. The van der Waals surface area contributed by atoms with E-state index < -0.39 is 0 Å². The predicted molar refractivity (Wildman–Crippen MR) is 54.8 cm³/mol. The number of rotatable bonds is 0. The number of para-hydroxylation sites is 1. The van der Waals surface area contributed by atoms with E-state index >= 15 is 0 Å². The van der Waals surface area contributed by atoms with Crippen molar-refractivity contribution in [1.82, 2.24) is 4.98 Å². The van der Waals surface area contributed by atoms with Gasteiger partial charge in [-0.25, -0.2) is 4.98 Å². The number of anilines is 1. The molecule has 0 aliphatic rings. The Labute approximate surface area is 81.0 Å². The molecule has 2 aromatic rings. The van der Waals surface area contributed by atoms with Crippen molar-refractivity contribution in [3.8, 4) is 0 Å². The first-order valence-electron chi connectivity index (χ1n) is 3.97. The number of nitrogen functional groups attached to an aromatic ring is 1. The number of carboxylic acid groups (broad SMARTS) is 1. The summed E-state index contributed by atoms with van der Waals surface area (Å²) in [6.07, 6.45) is 0. The highest BCUT2D eigenvalue weighted by Crippen LogP contribution is 2.11. The van der Waals surface area contributed by atoms with Crippen molar-refractivity contribution in [3.05, 3.63) is 36.4 Å². The quantitative estimate of drug-likeness (QED) is 0.617. The summed E-state index contributed by atoms with van der Waals surface area (Å²) in [5, 5.41) is 8.02. The molecule has 0 aliphatic carbocycles. The first-order chi connectivity index (χ1) is 6.77. The molecule has 3 N–H and O–H groups in total. The fourth-order valence-electron chi connectivity index (χ4n) is 1.08. The van der Waals surface area contributed by atoms with Crippen molar-refractivity contribution in [2.75, 3.05) is 5.73 Å². The zero-order chi connectivity index (χ0) is 10.4. The van der Waals surface area contributed by atoms with Gasteiger partial charge in [0, 0.05) is 5.39 Å². The van der Waals surface area contributed by atoms with E-state index in [0.717, 1.165) is 10.9 Å². The van der Waals surface area contributed by atoms with E-state index in [4.69, 9.17) is 15.6 Å². The average molecular weight is 190 g/mol. The highest BCUT2D eigenvalue weighted by atomic mass is 16.3. The van der Waals surface area contributed by atoms with Gasteiger partial charge >= 0.3 is 0 Å². The number of hydrogen-bond acceptors (Lipinski definition) is 3. The summed E-state index contributed by atoms with van der Waals surface area (Å²) in [5.74, 6) is 0.573. The predicted octanol–water partition coefficient (Wildman–Crippen LogP) is 1.52. The Bertz CT molecular complexity index is 429. The number of benzene rings is 1. The van der Waals surface area contributed by atoms with Gasteiger partial charge in [0.15, 0.2) is 0 Å². The topological polar surface area (TPSA) is 76.2 Å². The summed E-state index contributed by atoms with van der Waals surface area (Å²) >= 11 is 0. The molecule has 72 valence electrons. The minimum absolute atomic E-state index is 0.250. The van der Waals surface area contributed by atoms with E-state index in [0.29, 0.717) is 5.82 Å². The molecule has 0 atom stereocenters. The molecule has 0 saturated heterocycles. The van der Waals surface area contributed by atoms with Gasteiger partial charge in [-0.3, -0.25) is 4.79 Å². The van der Waals surface area contributed by atoms with Crippen molar-refractivity contribution in [2.24, 2.45) is 0 Å². The lowest BCUT2D eigenvalue weighted by atomic mass is 10.2. The largest absolute Gasteiger partial charge is 0.483 e. The maximum absolute atomic E-state index is 8.36. The first-order valence-corrected chi connectivity index (χ1v) is 3.97. The molecule has 1 heterocycles. The molecular weight excluding hydrogens is 180 g/mol.